The highest BCUT2D eigenvalue weighted by Crippen LogP contribution is 1.86. The third-order valence-corrected chi connectivity index (χ3v) is 0.556. The van der Waals surface area contributed by atoms with Crippen LogP contribution in [0, 0.1) is 6.92 Å². The standard InChI is InChI=1S/C4H5NO.C2H6.CH4O/c1-4-5-2-3-6-4;2*1-2/h2-3H,1H3;1-2H3;2H,1H3. The maximum Gasteiger partial charge on any atom is 0.190 e. The molecule has 1 aromatic heterocycles. The van der Waals surface area contributed by atoms with Gasteiger partial charge in [0.2, 0.25) is 0 Å². The van der Waals surface area contributed by atoms with Crippen LogP contribution in [0.25, 0.3) is 0 Å². The summed E-state index contributed by atoms with van der Waals surface area (Å²) in [6.45, 7) is 5.81. The van der Waals surface area contributed by atoms with Crippen molar-refractivity contribution in [3.63, 3.8) is 0 Å². The lowest BCUT2D eigenvalue weighted by Crippen LogP contribution is -1.59. The van der Waals surface area contributed by atoms with Crippen LogP contribution in [0.4, 0.5) is 0 Å². The van der Waals surface area contributed by atoms with Crippen molar-refractivity contribution in [2.45, 2.75) is 20.8 Å². The van der Waals surface area contributed by atoms with Gasteiger partial charge in [0.05, 0.1) is 6.20 Å². The van der Waals surface area contributed by atoms with Gasteiger partial charge in [0.1, 0.15) is 6.26 Å². The lowest BCUT2D eigenvalue weighted by molar-refractivity contribution is 0.399. The molecule has 0 spiro atoms. The Morgan fingerprint density at radius 1 is 1.40 bits per heavy atom. The second-order valence-corrected chi connectivity index (χ2v) is 1.05. The molecule has 60 valence electrons. The number of aliphatic hydroxyl groups excluding tert-OH is 1. The molecule has 0 aliphatic rings. The number of hydrogen-bond acceptors (Lipinski definition) is 3. The van der Waals surface area contributed by atoms with E-state index in [1.807, 2.05) is 13.8 Å². The molecule has 0 fully saturated rings. The van der Waals surface area contributed by atoms with Gasteiger partial charge in [0, 0.05) is 14.0 Å². The van der Waals surface area contributed by atoms with Crippen LogP contribution in [0.15, 0.2) is 16.9 Å². The Hall–Kier alpha value is -0.830. The molecular weight excluding hydrogens is 130 g/mol. The number of oxazole rings is 1. The van der Waals surface area contributed by atoms with Gasteiger partial charge in [-0.25, -0.2) is 4.98 Å². The largest absolute Gasteiger partial charge is 0.449 e. The van der Waals surface area contributed by atoms with E-state index >= 15 is 0 Å². The molecule has 3 nitrogen and oxygen atoms in total. The van der Waals surface area contributed by atoms with Crippen LogP contribution in [0.1, 0.15) is 19.7 Å². The van der Waals surface area contributed by atoms with Gasteiger partial charge in [-0.1, -0.05) is 13.8 Å². The molecule has 3 heteroatoms. The smallest absolute Gasteiger partial charge is 0.190 e. The number of aryl methyl sites for hydroxylation is 1. The molecule has 0 aromatic carbocycles. The molecule has 0 unspecified atom stereocenters. The fraction of sp³-hybridized carbons (Fsp3) is 0.571. The van der Waals surface area contributed by atoms with E-state index in [1.165, 1.54) is 0 Å². The van der Waals surface area contributed by atoms with E-state index in [-0.39, 0.29) is 0 Å². The molecule has 0 radical (unpaired) electrons. The molecule has 1 aromatic rings. The van der Waals surface area contributed by atoms with Crippen molar-refractivity contribution < 1.29 is 9.52 Å². The van der Waals surface area contributed by atoms with E-state index in [2.05, 4.69) is 4.98 Å². The van der Waals surface area contributed by atoms with Crippen LogP contribution >= 0.6 is 0 Å². The van der Waals surface area contributed by atoms with Crippen molar-refractivity contribution in [1.29, 1.82) is 0 Å². The van der Waals surface area contributed by atoms with Gasteiger partial charge in [-0.2, -0.15) is 0 Å². The Labute approximate surface area is 61.7 Å². The minimum Gasteiger partial charge on any atom is -0.449 e. The molecule has 0 bridgehead atoms. The molecule has 1 N–H and O–H groups in total. The maximum atomic E-state index is 7.00. The van der Waals surface area contributed by atoms with Crippen molar-refractivity contribution in [2.75, 3.05) is 7.11 Å². The van der Waals surface area contributed by atoms with Crippen LogP contribution in [0.5, 0.6) is 0 Å². The van der Waals surface area contributed by atoms with E-state index in [0.29, 0.717) is 0 Å². The fourth-order valence-electron chi connectivity index (χ4n) is 0.295. The number of nitrogens with zero attached hydrogens (tertiary/aromatic N) is 1. The molecule has 0 amide bonds. The Morgan fingerprint density at radius 3 is 2.00 bits per heavy atom. The van der Waals surface area contributed by atoms with E-state index in [9.17, 15) is 0 Å². The summed E-state index contributed by atoms with van der Waals surface area (Å²) in [6, 6.07) is 0. The summed E-state index contributed by atoms with van der Waals surface area (Å²) < 4.78 is 4.72. The van der Waals surface area contributed by atoms with Crippen molar-refractivity contribution in [2.24, 2.45) is 0 Å². The maximum absolute atomic E-state index is 7.00. The lowest BCUT2D eigenvalue weighted by atomic mass is 10.8. The first kappa shape index (κ1) is 11.9. The number of aromatic nitrogens is 1. The highest BCUT2D eigenvalue weighted by molar-refractivity contribution is 4.72. The number of rotatable bonds is 0. The van der Waals surface area contributed by atoms with Crippen LogP contribution in [0.3, 0.4) is 0 Å². The second kappa shape index (κ2) is 11.0. The van der Waals surface area contributed by atoms with E-state index < -0.39 is 0 Å². The summed E-state index contributed by atoms with van der Waals surface area (Å²) in [4.78, 5) is 3.75. The van der Waals surface area contributed by atoms with Crippen molar-refractivity contribution >= 4 is 0 Å². The molecule has 10 heavy (non-hydrogen) atoms. The van der Waals surface area contributed by atoms with Crippen molar-refractivity contribution in [3.05, 3.63) is 18.4 Å². The molecule has 0 atom stereocenters. The van der Waals surface area contributed by atoms with Gasteiger partial charge < -0.3 is 9.52 Å². The van der Waals surface area contributed by atoms with Crippen LogP contribution in [0.2, 0.25) is 0 Å². The Bertz CT molecular complexity index is 115. The predicted octanol–water partition coefficient (Wildman–Crippen LogP) is 1.62. The summed E-state index contributed by atoms with van der Waals surface area (Å²) >= 11 is 0. The SMILES string of the molecule is CC.CO.Cc1ncco1. The van der Waals surface area contributed by atoms with E-state index in [0.717, 1.165) is 13.0 Å². The van der Waals surface area contributed by atoms with Crippen LogP contribution < -0.4 is 0 Å². The van der Waals surface area contributed by atoms with Gasteiger partial charge in [-0.15, -0.1) is 0 Å². The van der Waals surface area contributed by atoms with Gasteiger partial charge in [-0.3, -0.25) is 0 Å². The summed E-state index contributed by atoms with van der Waals surface area (Å²) in [5.41, 5.74) is 0. The Kier molecular flexibility index (Phi) is 13.1. The predicted molar refractivity (Wildman–Crippen MR) is 40.7 cm³/mol. The van der Waals surface area contributed by atoms with Crippen molar-refractivity contribution in [3.8, 4) is 0 Å². The van der Waals surface area contributed by atoms with Gasteiger partial charge >= 0.3 is 0 Å². The Morgan fingerprint density at radius 2 is 1.90 bits per heavy atom. The molecule has 0 saturated carbocycles. The summed E-state index contributed by atoms with van der Waals surface area (Å²) in [7, 11) is 1.00. The minimum atomic E-state index is 0.718. The molecule has 0 aliphatic heterocycles. The summed E-state index contributed by atoms with van der Waals surface area (Å²) in [6.07, 6.45) is 3.17. The zero-order chi connectivity index (χ0) is 8.41. The monoisotopic (exact) mass is 145 g/mol. The van der Waals surface area contributed by atoms with Gasteiger partial charge in [0.25, 0.3) is 0 Å². The zero-order valence-electron chi connectivity index (χ0n) is 6.96. The first-order valence-electron chi connectivity index (χ1n) is 3.20. The Balaban J connectivity index is 0. The van der Waals surface area contributed by atoms with Gasteiger partial charge in [-0.05, 0) is 0 Å². The average Bonchev–Trinajstić information content (AvgIpc) is 2.48. The number of aliphatic hydroxyl groups is 1. The van der Waals surface area contributed by atoms with Crippen molar-refractivity contribution in [1.82, 2.24) is 4.98 Å². The number of hydrogen-bond donors (Lipinski definition) is 1. The molecule has 1 heterocycles. The molecule has 0 saturated heterocycles. The van der Waals surface area contributed by atoms with E-state index in [4.69, 9.17) is 9.52 Å². The minimum absolute atomic E-state index is 0.718. The fourth-order valence-corrected chi connectivity index (χ4v) is 0.295. The van der Waals surface area contributed by atoms with Crippen LogP contribution in [-0.2, 0) is 0 Å². The first-order valence-corrected chi connectivity index (χ1v) is 3.20. The quantitative estimate of drug-likeness (QED) is 0.603. The third-order valence-electron chi connectivity index (χ3n) is 0.556. The third kappa shape index (κ3) is 7.17. The molecule has 0 aliphatic carbocycles. The summed E-state index contributed by atoms with van der Waals surface area (Å²) in [5, 5.41) is 7.00. The van der Waals surface area contributed by atoms with Gasteiger partial charge in [0.15, 0.2) is 5.89 Å². The molecule has 1 rings (SSSR count). The molecular formula is C7H15NO2. The van der Waals surface area contributed by atoms with Crippen LogP contribution in [-0.4, -0.2) is 17.2 Å². The normalized spacial score (nSPS) is 6.50. The lowest BCUT2D eigenvalue weighted by Gasteiger charge is -1.67. The summed E-state index contributed by atoms with van der Waals surface area (Å²) in [5.74, 6) is 0.718. The first-order chi connectivity index (χ1) is 4.89. The second-order valence-electron chi connectivity index (χ2n) is 1.05. The van der Waals surface area contributed by atoms with E-state index in [1.54, 1.807) is 19.4 Å². The highest BCUT2D eigenvalue weighted by Gasteiger charge is 1.77. The average molecular weight is 145 g/mol. The zero-order valence-corrected chi connectivity index (χ0v) is 6.96. The highest BCUT2D eigenvalue weighted by atomic mass is 16.3. The topological polar surface area (TPSA) is 46.3 Å².